The lowest BCUT2D eigenvalue weighted by Gasteiger charge is -2.31. The Kier molecular flexibility index (Phi) is 7.13. The average molecular weight is 375 g/mol. The Morgan fingerprint density at radius 1 is 1.22 bits per heavy atom. The topological polar surface area (TPSA) is 53.0 Å². The van der Waals surface area contributed by atoms with Crippen LogP contribution in [0.3, 0.4) is 0 Å². The fraction of sp³-hybridized carbons (Fsp3) is 0.682. The van der Waals surface area contributed by atoms with Gasteiger partial charge in [-0.1, -0.05) is 12.1 Å². The highest BCUT2D eigenvalue weighted by Gasteiger charge is 2.32. The van der Waals surface area contributed by atoms with E-state index in [-0.39, 0.29) is 12.0 Å². The van der Waals surface area contributed by atoms with E-state index in [0.29, 0.717) is 31.6 Å². The predicted octanol–water partition coefficient (Wildman–Crippen LogP) is 2.85. The van der Waals surface area contributed by atoms with Gasteiger partial charge in [0.15, 0.2) is 0 Å². The van der Waals surface area contributed by atoms with E-state index in [9.17, 15) is 9.90 Å². The molecule has 5 heteroatoms. The summed E-state index contributed by atoms with van der Waals surface area (Å²) in [6, 6.07) is 9.52. The molecule has 1 saturated heterocycles. The van der Waals surface area contributed by atoms with Crippen molar-refractivity contribution in [1.29, 1.82) is 0 Å². The summed E-state index contributed by atoms with van der Waals surface area (Å²) < 4.78 is 5.24. The summed E-state index contributed by atoms with van der Waals surface area (Å²) in [7, 11) is 1.69. The first kappa shape index (κ1) is 20.2. The highest BCUT2D eigenvalue weighted by Crippen LogP contribution is 2.30. The molecule has 27 heavy (non-hydrogen) atoms. The normalized spacial score (nSPS) is 19.3. The van der Waals surface area contributed by atoms with E-state index < -0.39 is 0 Å². The van der Waals surface area contributed by atoms with E-state index in [1.807, 2.05) is 17.0 Å². The van der Waals surface area contributed by atoms with Crippen LogP contribution in [0.5, 0.6) is 5.75 Å². The molecular formula is C22H34N2O3. The maximum absolute atomic E-state index is 12.4. The SMILES string of the molecule is COc1ccc(CC(C)N(CCCC(=O)N2CCC(O)CC2)C2CC2)cc1. The second-order valence-electron chi connectivity index (χ2n) is 8.09. The zero-order valence-corrected chi connectivity index (χ0v) is 16.8. The molecule has 1 atom stereocenters. The fourth-order valence-corrected chi connectivity index (χ4v) is 4.08. The number of rotatable bonds is 9. The predicted molar refractivity (Wildman–Crippen MR) is 107 cm³/mol. The Labute approximate surface area is 163 Å². The second-order valence-corrected chi connectivity index (χ2v) is 8.09. The van der Waals surface area contributed by atoms with Crippen molar-refractivity contribution in [3.05, 3.63) is 29.8 Å². The molecule has 1 unspecified atom stereocenters. The van der Waals surface area contributed by atoms with Crippen molar-refractivity contribution in [2.75, 3.05) is 26.7 Å². The van der Waals surface area contributed by atoms with Crippen LogP contribution in [0.1, 0.15) is 51.0 Å². The molecule has 150 valence electrons. The third kappa shape index (κ3) is 5.94. The Hall–Kier alpha value is -1.59. The van der Waals surface area contributed by atoms with Gasteiger partial charge in [0.25, 0.3) is 0 Å². The van der Waals surface area contributed by atoms with Crippen LogP contribution in [0.4, 0.5) is 0 Å². The molecular weight excluding hydrogens is 340 g/mol. The number of hydrogen-bond acceptors (Lipinski definition) is 4. The first-order chi connectivity index (χ1) is 13.1. The number of piperidine rings is 1. The fourth-order valence-electron chi connectivity index (χ4n) is 4.08. The van der Waals surface area contributed by atoms with Gasteiger partial charge in [0.2, 0.25) is 5.91 Å². The molecule has 1 saturated carbocycles. The van der Waals surface area contributed by atoms with Gasteiger partial charge in [-0.25, -0.2) is 0 Å². The number of hydrogen-bond donors (Lipinski definition) is 1. The third-order valence-corrected chi connectivity index (χ3v) is 5.90. The zero-order chi connectivity index (χ0) is 19.2. The Balaban J connectivity index is 1.45. The molecule has 1 N–H and O–H groups in total. The van der Waals surface area contributed by atoms with Gasteiger partial charge < -0.3 is 14.7 Å². The molecule has 0 spiro atoms. The number of aliphatic hydroxyl groups is 1. The number of ether oxygens (including phenoxy) is 1. The van der Waals surface area contributed by atoms with Crippen molar-refractivity contribution in [2.45, 2.75) is 70.1 Å². The van der Waals surface area contributed by atoms with Crippen LogP contribution in [0.25, 0.3) is 0 Å². The van der Waals surface area contributed by atoms with Crippen molar-refractivity contribution in [2.24, 2.45) is 0 Å². The first-order valence-electron chi connectivity index (χ1n) is 10.4. The molecule has 2 fully saturated rings. The molecule has 0 radical (unpaired) electrons. The van der Waals surface area contributed by atoms with E-state index in [0.717, 1.165) is 38.0 Å². The monoisotopic (exact) mass is 374 g/mol. The van der Waals surface area contributed by atoms with Gasteiger partial charge in [-0.3, -0.25) is 9.69 Å². The van der Waals surface area contributed by atoms with Crippen molar-refractivity contribution in [3.63, 3.8) is 0 Å². The Morgan fingerprint density at radius 3 is 2.48 bits per heavy atom. The summed E-state index contributed by atoms with van der Waals surface area (Å²) in [6.45, 7) is 4.71. The lowest BCUT2D eigenvalue weighted by molar-refractivity contribution is -0.133. The second kappa shape index (κ2) is 9.56. The molecule has 1 amide bonds. The molecule has 0 bridgehead atoms. The summed E-state index contributed by atoms with van der Waals surface area (Å²) in [5, 5.41) is 9.59. The van der Waals surface area contributed by atoms with Crippen LogP contribution >= 0.6 is 0 Å². The number of aliphatic hydroxyl groups excluding tert-OH is 1. The van der Waals surface area contributed by atoms with Gasteiger partial charge in [-0.2, -0.15) is 0 Å². The van der Waals surface area contributed by atoms with E-state index in [4.69, 9.17) is 4.74 Å². The summed E-state index contributed by atoms with van der Waals surface area (Å²) >= 11 is 0. The van der Waals surface area contributed by atoms with Crippen LogP contribution < -0.4 is 4.74 Å². The van der Waals surface area contributed by atoms with Crippen LogP contribution in [0, 0.1) is 0 Å². The van der Waals surface area contributed by atoms with Gasteiger partial charge in [0.05, 0.1) is 13.2 Å². The Morgan fingerprint density at radius 2 is 1.89 bits per heavy atom. The minimum atomic E-state index is -0.224. The molecule has 3 rings (SSSR count). The first-order valence-corrected chi connectivity index (χ1v) is 10.4. The minimum Gasteiger partial charge on any atom is -0.497 e. The molecule has 0 aromatic heterocycles. The average Bonchev–Trinajstić information content (AvgIpc) is 3.51. The van der Waals surface area contributed by atoms with Crippen LogP contribution in [0.2, 0.25) is 0 Å². The van der Waals surface area contributed by atoms with Gasteiger partial charge in [-0.15, -0.1) is 0 Å². The molecule has 2 aliphatic rings. The highest BCUT2D eigenvalue weighted by molar-refractivity contribution is 5.76. The van der Waals surface area contributed by atoms with Gasteiger partial charge in [-0.05, 0) is 69.7 Å². The summed E-state index contributed by atoms with van der Waals surface area (Å²) in [6.07, 6.45) is 6.35. The number of nitrogens with zero attached hydrogens (tertiary/aromatic N) is 2. The summed E-state index contributed by atoms with van der Waals surface area (Å²) in [4.78, 5) is 16.9. The van der Waals surface area contributed by atoms with Crippen LogP contribution in [-0.2, 0) is 11.2 Å². The number of likely N-dealkylation sites (tertiary alicyclic amines) is 1. The number of methoxy groups -OCH3 is 1. The lowest BCUT2D eigenvalue weighted by atomic mass is 10.0. The van der Waals surface area contributed by atoms with Gasteiger partial charge in [0, 0.05) is 31.6 Å². The smallest absolute Gasteiger partial charge is 0.222 e. The minimum absolute atomic E-state index is 0.224. The van der Waals surface area contributed by atoms with Crippen molar-refractivity contribution >= 4 is 5.91 Å². The zero-order valence-electron chi connectivity index (χ0n) is 16.8. The third-order valence-electron chi connectivity index (χ3n) is 5.90. The van der Waals surface area contributed by atoms with E-state index in [2.05, 4.69) is 24.0 Å². The van der Waals surface area contributed by atoms with E-state index >= 15 is 0 Å². The van der Waals surface area contributed by atoms with Crippen molar-refractivity contribution < 1.29 is 14.6 Å². The summed E-state index contributed by atoms with van der Waals surface area (Å²) in [5.74, 6) is 1.15. The lowest BCUT2D eigenvalue weighted by Crippen LogP contribution is -2.41. The van der Waals surface area contributed by atoms with E-state index in [1.54, 1.807) is 7.11 Å². The number of carbonyl (C=O) groups excluding carboxylic acids is 1. The number of benzene rings is 1. The van der Waals surface area contributed by atoms with Crippen LogP contribution in [0.15, 0.2) is 24.3 Å². The molecule has 5 nitrogen and oxygen atoms in total. The largest absolute Gasteiger partial charge is 0.497 e. The van der Waals surface area contributed by atoms with Crippen molar-refractivity contribution in [3.8, 4) is 5.75 Å². The van der Waals surface area contributed by atoms with Crippen molar-refractivity contribution in [1.82, 2.24) is 9.80 Å². The standard InChI is InChI=1S/C22H34N2O3/c1-17(16-18-5-9-21(27-2)10-6-18)24(19-7-8-19)13-3-4-22(26)23-14-11-20(25)12-15-23/h5-6,9-10,17,19-20,25H,3-4,7-8,11-16H2,1-2H3. The highest BCUT2D eigenvalue weighted by atomic mass is 16.5. The summed E-state index contributed by atoms with van der Waals surface area (Å²) in [5.41, 5.74) is 1.33. The number of carbonyl (C=O) groups is 1. The molecule has 1 aromatic rings. The molecule has 1 aliphatic heterocycles. The molecule has 1 aromatic carbocycles. The van der Waals surface area contributed by atoms with E-state index in [1.165, 1.54) is 18.4 Å². The van der Waals surface area contributed by atoms with Gasteiger partial charge >= 0.3 is 0 Å². The quantitative estimate of drug-likeness (QED) is 0.722. The number of amides is 1. The Bertz CT molecular complexity index is 592. The maximum Gasteiger partial charge on any atom is 0.222 e. The maximum atomic E-state index is 12.4. The van der Waals surface area contributed by atoms with Crippen LogP contribution in [-0.4, -0.2) is 65.7 Å². The van der Waals surface area contributed by atoms with Gasteiger partial charge in [0.1, 0.15) is 5.75 Å². The molecule has 1 aliphatic carbocycles. The molecule has 1 heterocycles.